The zero-order valence-electron chi connectivity index (χ0n) is 15.0. The summed E-state index contributed by atoms with van der Waals surface area (Å²) in [6.07, 6.45) is 3.76. The molecule has 3 N–H and O–H groups in total. The van der Waals surface area contributed by atoms with Crippen molar-refractivity contribution < 1.29 is 24.2 Å². The minimum absolute atomic E-state index is 0.133. The summed E-state index contributed by atoms with van der Waals surface area (Å²) in [4.78, 5) is 36.4. The molecule has 0 aliphatic heterocycles. The van der Waals surface area contributed by atoms with Gasteiger partial charge >= 0.3 is 5.97 Å². The molecule has 3 rings (SSSR count). The molecular formula is C19H20Cl2N2O5. The summed E-state index contributed by atoms with van der Waals surface area (Å²) in [5.74, 6) is -3.62. The van der Waals surface area contributed by atoms with Gasteiger partial charge in [0.25, 0.3) is 5.91 Å². The molecule has 0 spiro atoms. The van der Waals surface area contributed by atoms with Crippen molar-refractivity contribution in [2.24, 2.45) is 23.7 Å². The van der Waals surface area contributed by atoms with Gasteiger partial charge in [-0.15, -0.1) is 0 Å². The van der Waals surface area contributed by atoms with E-state index in [1.54, 1.807) is 19.1 Å². The molecule has 2 aliphatic carbocycles. The summed E-state index contributed by atoms with van der Waals surface area (Å²) in [6.45, 7) is 1.74. The second-order valence-electron chi connectivity index (χ2n) is 6.91. The number of hydrogen-bond acceptors (Lipinski definition) is 4. The van der Waals surface area contributed by atoms with Crippen LogP contribution in [-0.4, -0.2) is 29.0 Å². The Kier molecular flexibility index (Phi) is 6.15. The first-order chi connectivity index (χ1) is 13.3. The number of rotatable bonds is 6. The van der Waals surface area contributed by atoms with E-state index in [2.05, 4.69) is 10.9 Å². The minimum Gasteiger partial charge on any atom is -0.481 e. The first-order valence-corrected chi connectivity index (χ1v) is 9.70. The molecule has 0 unspecified atom stereocenters. The predicted molar refractivity (Wildman–Crippen MR) is 103 cm³/mol. The van der Waals surface area contributed by atoms with Crippen LogP contribution >= 0.6 is 23.2 Å². The summed E-state index contributed by atoms with van der Waals surface area (Å²) >= 11 is 12.0. The van der Waals surface area contributed by atoms with Crippen molar-refractivity contribution in [1.82, 2.24) is 10.9 Å². The molecule has 9 heteroatoms. The van der Waals surface area contributed by atoms with Crippen molar-refractivity contribution >= 4 is 41.0 Å². The maximum atomic E-state index is 12.5. The van der Waals surface area contributed by atoms with E-state index in [1.165, 1.54) is 6.07 Å². The van der Waals surface area contributed by atoms with Crippen LogP contribution in [0.4, 0.5) is 0 Å². The lowest BCUT2D eigenvalue weighted by Gasteiger charge is -2.24. The number of aliphatic carboxylic acids is 1. The number of fused-ring (bicyclic) bond motifs is 2. The third-order valence-electron chi connectivity index (χ3n) is 5.18. The van der Waals surface area contributed by atoms with E-state index in [9.17, 15) is 19.5 Å². The summed E-state index contributed by atoms with van der Waals surface area (Å²) < 4.78 is 5.62. The molecule has 1 saturated carbocycles. The van der Waals surface area contributed by atoms with Gasteiger partial charge in [-0.05, 0) is 36.8 Å². The molecule has 0 aromatic heterocycles. The van der Waals surface area contributed by atoms with Crippen LogP contribution in [0.1, 0.15) is 19.8 Å². The SMILES string of the molecule is CC[C@H](Oc1cc(Cl)ccc1Cl)C(=O)NNC(=O)[C@H]1[C@@H](C(=O)O)[C@H]2C=C[C@@H]1C2. The van der Waals surface area contributed by atoms with E-state index < -0.39 is 35.7 Å². The van der Waals surface area contributed by atoms with Gasteiger partial charge in [-0.1, -0.05) is 42.3 Å². The molecule has 2 bridgehead atoms. The molecule has 0 saturated heterocycles. The fraction of sp³-hybridized carbons (Fsp3) is 0.421. The molecule has 2 aliphatic rings. The molecule has 5 atom stereocenters. The zero-order valence-corrected chi connectivity index (χ0v) is 16.5. The third kappa shape index (κ3) is 4.10. The third-order valence-corrected chi connectivity index (χ3v) is 5.73. The van der Waals surface area contributed by atoms with Crippen LogP contribution in [0.3, 0.4) is 0 Å². The Hall–Kier alpha value is -2.25. The second-order valence-corrected chi connectivity index (χ2v) is 7.75. The number of nitrogens with one attached hydrogen (secondary N) is 2. The highest BCUT2D eigenvalue weighted by Crippen LogP contribution is 2.48. The van der Waals surface area contributed by atoms with Crippen molar-refractivity contribution in [1.29, 1.82) is 0 Å². The number of carbonyl (C=O) groups excluding carboxylic acids is 2. The summed E-state index contributed by atoms with van der Waals surface area (Å²) in [5, 5.41) is 10.1. The van der Waals surface area contributed by atoms with Crippen LogP contribution in [0.5, 0.6) is 5.75 Å². The molecule has 1 fully saturated rings. The van der Waals surface area contributed by atoms with Crippen LogP contribution < -0.4 is 15.6 Å². The number of carboxylic acids is 1. The van der Waals surface area contributed by atoms with Crippen molar-refractivity contribution in [2.45, 2.75) is 25.9 Å². The number of halogens is 2. The first kappa shape index (κ1) is 20.5. The fourth-order valence-corrected chi connectivity index (χ4v) is 4.17. The molecule has 0 radical (unpaired) electrons. The van der Waals surface area contributed by atoms with Crippen LogP contribution in [0.15, 0.2) is 30.4 Å². The Labute approximate surface area is 172 Å². The minimum atomic E-state index is -1.01. The fourth-order valence-electron chi connectivity index (χ4n) is 3.85. The number of carbonyl (C=O) groups is 3. The number of allylic oxidation sites excluding steroid dienone is 2. The van der Waals surface area contributed by atoms with E-state index in [4.69, 9.17) is 27.9 Å². The Morgan fingerprint density at radius 1 is 1.18 bits per heavy atom. The standard InChI is InChI=1S/C19H20Cl2N2O5/c1-2-13(28-14-8-11(20)5-6-12(14)21)17(24)22-23-18(25)15-9-3-4-10(7-9)16(15)19(26)27/h3-6,8-10,13,15-16H,2,7H2,1H3,(H,22,24)(H,23,25)(H,26,27)/t9-,10+,13+,15-,16+/m1/s1. The monoisotopic (exact) mass is 426 g/mol. The first-order valence-electron chi connectivity index (χ1n) is 8.94. The summed E-state index contributed by atoms with van der Waals surface area (Å²) in [5.41, 5.74) is 4.67. The van der Waals surface area contributed by atoms with Gasteiger partial charge < -0.3 is 9.84 Å². The van der Waals surface area contributed by atoms with Gasteiger partial charge in [0.1, 0.15) is 5.75 Å². The van der Waals surface area contributed by atoms with Gasteiger partial charge in [0.05, 0.1) is 16.9 Å². The molecular weight excluding hydrogens is 407 g/mol. The average molecular weight is 427 g/mol. The Balaban J connectivity index is 1.60. The number of hydrogen-bond donors (Lipinski definition) is 3. The van der Waals surface area contributed by atoms with E-state index in [-0.39, 0.29) is 17.6 Å². The molecule has 1 aromatic rings. The Morgan fingerprint density at radius 2 is 1.86 bits per heavy atom. The molecule has 150 valence electrons. The maximum absolute atomic E-state index is 12.5. The van der Waals surface area contributed by atoms with Crippen molar-refractivity contribution in [2.75, 3.05) is 0 Å². The van der Waals surface area contributed by atoms with Crippen LogP contribution in [-0.2, 0) is 14.4 Å². The van der Waals surface area contributed by atoms with Crippen LogP contribution in [0.2, 0.25) is 10.0 Å². The highest BCUT2D eigenvalue weighted by molar-refractivity contribution is 6.34. The lowest BCUT2D eigenvalue weighted by Crippen LogP contribution is -2.51. The highest BCUT2D eigenvalue weighted by Gasteiger charge is 2.51. The van der Waals surface area contributed by atoms with E-state index in [0.717, 1.165) is 0 Å². The van der Waals surface area contributed by atoms with Gasteiger partial charge in [0.2, 0.25) is 5.91 Å². The Morgan fingerprint density at radius 3 is 2.50 bits per heavy atom. The number of amides is 2. The molecule has 7 nitrogen and oxygen atoms in total. The van der Waals surface area contributed by atoms with Crippen LogP contribution in [0.25, 0.3) is 0 Å². The number of hydrazine groups is 1. The van der Waals surface area contributed by atoms with Crippen molar-refractivity contribution in [3.63, 3.8) is 0 Å². The number of carboxylic acid groups (broad SMARTS) is 1. The van der Waals surface area contributed by atoms with Gasteiger partial charge in [-0.3, -0.25) is 25.2 Å². The summed E-state index contributed by atoms with van der Waals surface area (Å²) in [7, 11) is 0. The van der Waals surface area contributed by atoms with Crippen LogP contribution in [0, 0.1) is 23.7 Å². The lowest BCUT2D eigenvalue weighted by molar-refractivity contribution is -0.148. The van der Waals surface area contributed by atoms with Gasteiger partial charge in [-0.25, -0.2) is 0 Å². The van der Waals surface area contributed by atoms with Crippen molar-refractivity contribution in [3.8, 4) is 5.75 Å². The molecule has 1 aromatic carbocycles. The number of benzene rings is 1. The smallest absolute Gasteiger partial charge is 0.307 e. The highest BCUT2D eigenvalue weighted by atomic mass is 35.5. The topological polar surface area (TPSA) is 105 Å². The Bertz CT molecular complexity index is 829. The van der Waals surface area contributed by atoms with E-state index in [0.29, 0.717) is 22.9 Å². The molecule has 28 heavy (non-hydrogen) atoms. The quantitative estimate of drug-likeness (QED) is 0.479. The number of ether oxygens (including phenoxy) is 1. The summed E-state index contributed by atoms with van der Waals surface area (Å²) in [6, 6.07) is 4.65. The average Bonchev–Trinajstić information content (AvgIpc) is 3.27. The van der Waals surface area contributed by atoms with E-state index >= 15 is 0 Å². The van der Waals surface area contributed by atoms with E-state index in [1.807, 2.05) is 12.2 Å². The van der Waals surface area contributed by atoms with Gasteiger partial charge in [0, 0.05) is 11.1 Å². The zero-order chi connectivity index (χ0) is 20.4. The largest absolute Gasteiger partial charge is 0.481 e. The predicted octanol–water partition coefficient (Wildman–Crippen LogP) is 2.82. The van der Waals surface area contributed by atoms with Gasteiger partial charge in [0.15, 0.2) is 6.10 Å². The van der Waals surface area contributed by atoms with Crippen molar-refractivity contribution in [3.05, 3.63) is 40.4 Å². The normalized spacial score (nSPS) is 26.0. The lowest BCUT2D eigenvalue weighted by atomic mass is 9.82. The van der Waals surface area contributed by atoms with Gasteiger partial charge in [-0.2, -0.15) is 0 Å². The second kappa shape index (κ2) is 8.41. The molecule has 2 amide bonds. The molecule has 0 heterocycles. The maximum Gasteiger partial charge on any atom is 0.307 e.